The van der Waals surface area contributed by atoms with E-state index in [-0.39, 0.29) is 17.9 Å². The fraction of sp³-hybridized carbons (Fsp3) is 0.368. The zero-order valence-electron chi connectivity index (χ0n) is 15.2. The second-order valence-electron chi connectivity index (χ2n) is 6.45. The van der Waals surface area contributed by atoms with Crippen LogP contribution in [0.1, 0.15) is 44.2 Å². The summed E-state index contributed by atoms with van der Waals surface area (Å²) in [6.07, 6.45) is 7.87. The van der Waals surface area contributed by atoms with Gasteiger partial charge < -0.3 is 9.88 Å². The molecule has 3 aromatic rings. The van der Waals surface area contributed by atoms with Crippen molar-refractivity contribution in [2.75, 3.05) is 6.54 Å². The first-order valence-electron chi connectivity index (χ1n) is 8.71. The van der Waals surface area contributed by atoms with Gasteiger partial charge in [-0.2, -0.15) is 0 Å². The molecule has 1 amide bonds. The minimum absolute atomic E-state index is 0.00684. The van der Waals surface area contributed by atoms with Gasteiger partial charge in [0.1, 0.15) is 16.9 Å². The Morgan fingerprint density at radius 3 is 2.88 bits per heavy atom. The first-order valence-corrected chi connectivity index (χ1v) is 9.59. The number of pyridine rings is 1. The molecule has 1 N–H and O–H groups in total. The Hall–Kier alpha value is -2.54. The van der Waals surface area contributed by atoms with Gasteiger partial charge in [0, 0.05) is 54.6 Å². The topological polar surface area (TPSA) is 72.7 Å². The molecule has 0 saturated carbocycles. The third-order valence-electron chi connectivity index (χ3n) is 4.15. The molecule has 0 saturated heterocycles. The monoisotopic (exact) mass is 369 g/mol. The maximum atomic E-state index is 12.4. The normalized spacial score (nSPS) is 12.3. The molecular formula is C19H23N5OS. The second kappa shape index (κ2) is 8.23. The van der Waals surface area contributed by atoms with E-state index in [0.29, 0.717) is 13.0 Å². The molecule has 0 aliphatic carbocycles. The predicted molar refractivity (Wildman–Crippen MR) is 103 cm³/mol. The molecule has 0 spiro atoms. The summed E-state index contributed by atoms with van der Waals surface area (Å²) in [6.45, 7) is 6.61. The lowest BCUT2D eigenvalue weighted by Gasteiger charge is -2.17. The van der Waals surface area contributed by atoms with Crippen LogP contribution in [0.3, 0.4) is 0 Å². The summed E-state index contributed by atoms with van der Waals surface area (Å²) in [4.78, 5) is 25.5. The van der Waals surface area contributed by atoms with Gasteiger partial charge in [0.2, 0.25) is 5.91 Å². The van der Waals surface area contributed by atoms with Crippen molar-refractivity contribution in [2.24, 2.45) is 0 Å². The Kier molecular flexibility index (Phi) is 5.78. The quantitative estimate of drug-likeness (QED) is 0.692. The van der Waals surface area contributed by atoms with Gasteiger partial charge >= 0.3 is 0 Å². The molecule has 7 heteroatoms. The first kappa shape index (κ1) is 18.3. The zero-order chi connectivity index (χ0) is 18.5. The highest BCUT2D eigenvalue weighted by Gasteiger charge is 2.18. The summed E-state index contributed by atoms with van der Waals surface area (Å²) in [5.41, 5.74) is 2.00. The highest BCUT2D eigenvalue weighted by Crippen LogP contribution is 2.22. The van der Waals surface area contributed by atoms with Gasteiger partial charge in [-0.05, 0) is 19.1 Å². The fourth-order valence-corrected chi connectivity index (χ4v) is 3.58. The van der Waals surface area contributed by atoms with Crippen molar-refractivity contribution < 1.29 is 4.79 Å². The smallest absolute Gasteiger partial charge is 0.242 e. The van der Waals surface area contributed by atoms with Crippen LogP contribution in [-0.4, -0.2) is 32.0 Å². The molecule has 136 valence electrons. The van der Waals surface area contributed by atoms with Crippen molar-refractivity contribution >= 4 is 17.2 Å². The number of carbonyl (C=O) groups is 1. The number of nitrogens with zero attached hydrogens (tertiary/aromatic N) is 4. The van der Waals surface area contributed by atoms with Crippen LogP contribution in [0, 0.1) is 0 Å². The van der Waals surface area contributed by atoms with Crippen LogP contribution in [0.15, 0.2) is 42.3 Å². The van der Waals surface area contributed by atoms with E-state index in [4.69, 9.17) is 0 Å². The highest BCUT2D eigenvalue weighted by atomic mass is 32.1. The Labute approximate surface area is 157 Å². The van der Waals surface area contributed by atoms with E-state index in [1.54, 1.807) is 23.7 Å². The number of carbonyl (C=O) groups excluding carboxylic acids is 1. The molecule has 26 heavy (non-hydrogen) atoms. The van der Waals surface area contributed by atoms with Crippen LogP contribution in [0.5, 0.6) is 0 Å². The Morgan fingerprint density at radius 2 is 2.15 bits per heavy atom. The van der Waals surface area contributed by atoms with Crippen molar-refractivity contribution in [2.45, 2.75) is 39.2 Å². The Bertz CT molecular complexity index is 856. The molecule has 3 heterocycles. The highest BCUT2D eigenvalue weighted by molar-refractivity contribution is 7.13. The largest absolute Gasteiger partial charge is 0.354 e. The first-order chi connectivity index (χ1) is 12.6. The van der Waals surface area contributed by atoms with E-state index in [0.717, 1.165) is 22.1 Å². The van der Waals surface area contributed by atoms with Crippen LogP contribution in [-0.2, 0) is 11.2 Å². The number of thiazole rings is 1. The fourth-order valence-electron chi connectivity index (χ4n) is 2.73. The maximum Gasteiger partial charge on any atom is 0.242 e. The van der Waals surface area contributed by atoms with Gasteiger partial charge in [-0.15, -0.1) is 11.3 Å². The molecule has 0 radical (unpaired) electrons. The lowest BCUT2D eigenvalue weighted by atomic mass is 10.2. The molecule has 0 unspecified atom stereocenters. The average molecular weight is 369 g/mol. The van der Waals surface area contributed by atoms with E-state index in [2.05, 4.69) is 34.1 Å². The van der Waals surface area contributed by atoms with Crippen molar-refractivity contribution in [3.8, 4) is 10.6 Å². The Balaban J connectivity index is 1.54. The van der Waals surface area contributed by atoms with Crippen LogP contribution in [0.4, 0.5) is 0 Å². The second-order valence-corrected chi connectivity index (χ2v) is 7.31. The third kappa shape index (κ3) is 4.16. The molecule has 0 fully saturated rings. The lowest BCUT2D eigenvalue weighted by Crippen LogP contribution is -2.33. The van der Waals surface area contributed by atoms with Crippen molar-refractivity contribution in [1.82, 2.24) is 24.8 Å². The molecule has 0 aliphatic rings. The lowest BCUT2D eigenvalue weighted by molar-refractivity contribution is -0.123. The van der Waals surface area contributed by atoms with E-state index in [1.165, 1.54) is 0 Å². The molecule has 0 aromatic carbocycles. The van der Waals surface area contributed by atoms with Gasteiger partial charge in [0.25, 0.3) is 0 Å². The van der Waals surface area contributed by atoms with E-state index < -0.39 is 0 Å². The number of aromatic nitrogens is 4. The summed E-state index contributed by atoms with van der Waals surface area (Å²) >= 11 is 1.59. The minimum atomic E-state index is -0.281. The van der Waals surface area contributed by atoms with Crippen LogP contribution < -0.4 is 5.32 Å². The summed E-state index contributed by atoms with van der Waals surface area (Å²) in [5, 5.41) is 5.98. The summed E-state index contributed by atoms with van der Waals surface area (Å²) in [6, 6.07) is 3.62. The number of imidazole rings is 1. The number of hydrogen-bond donors (Lipinski definition) is 1. The number of hydrogen-bond acceptors (Lipinski definition) is 5. The summed E-state index contributed by atoms with van der Waals surface area (Å²) in [5.74, 6) is 1.20. The summed E-state index contributed by atoms with van der Waals surface area (Å²) < 4.78 is 1.93. The van der Waals surface area contributed by atoms with Crippen LogP contribution >= 0.6 is 11.3 Å². The molecule has 3 aromatic heterocycles. The molecular weight excluding hydrogens is 346 g/mol. The predicted octanol–water partition coefficient (Wildman–Crippen LogP) is 3.44. The van der Waals surface area contributed by atoms with Gasteiger partial charge in [-0.3, -0.25) is 9.78 Å². The van der Waals surface area contributed by atoms with Crippen LogP contribution in [0.2, 0.25) is 0 Å². The number of amides is 1. The molecule has 3 rings (SSSR count). The van der Waals surface area contributed by atoms with E-state index >= 15 is 0 Å². The van der Waals surface area contributed by atoms with Gasteiger partial charge in [0.05, 0.1) is 5.69 Å². The SMILES string of the molecule is CC(C)c1nccn1[C@H](C)C(=O)NCCc1csc(-c2cccnc2)n1. The van der Waals surface area contributed by atoms with Gasteiger partial charge in [-0.25, -0.2) is 9.97 Å². The van der Waals surface area contributed by atoms with E-state index in [9.17, 15) is 4.79 Å². The van der Waals surface area contributed by atoms with Crippen molar-refractivity contribution in [3.05, 3.63) is 53.8 Å². The standard InChI is InChI=1S/C19H23N5OS/c1-13(2)17-21-9-10-24(17)14(3)18(25)22-8-6-16-12-26-19(23-16)15-5-4-7-20-11-15/h4-5,7,9-14H,6,8H2,1-3H3,(H,22,25)/t14-/m1/s1. The van der Waals surface area contributed by atoms with Crippen LogP contribution in [0.25, 0.3) is 10.6 Å². The zero-order valence-corrected chi connectivity index (χ0v) is 16.0. The van der Waals surface area contributed by atoms with Gasteiger partial charge in [0.15, 0.2) is 0 Å². The number of nitrogens with one attached hydrogen (secondary N) is 1. The third-order valence-corrected chi connectivity index (χ3v) is 5.09. The minimum Gasteiger partial charge on any atom is -0.354 e. The van der Waals surface area contributed by atoms with Crippen molar-refractivity contribution in [1.29, 1.82) is 0 Å². The average Bonchev–Trinajstić information content (AvgIpc) is 3.31. The molecule has 6 nitrogen and oxygen atoms in total. The molecule has 1 atom stereocenters. The maximum absolute atomic E-state index is 12.4. The number of rotatable bonds is 7. The summed E-state index contributed by atoms with van der Waals surface area (Å²) in [7, 11) is 0. The van der Waals surface area contributed by atoms with E-state index in [1.807, 2.05) is 41.4 Å². The van der Waals surface area contributed by atoms with Gasteiger partial charge in [-0.1, -0.05) is 13.8 Å². The van der Waals surface area contributed by atoms with Crippen molar-refractivity contribution in [3.63, 3.8) is 0 Å². The molecule has 0 bridgehead atoms. The molecule has 0 aliphatic heterocycles. The Morgan fingerprint density at radius 1 is 1.31 bits per heavy atom.